The first kappa shape index (κ1) is 10.9. The molecular formula is C12H11ClN2O. The second-order valence-corrected chi connectivity index (χ2v) is 4.00. The minimum absolute atomic E-state index is 0.169. The smallest absolute Gasteiger partial charge is 0.269 e. The molecule has 0 saturated carbocycles. The van der Waals surface area contributed by atoms with E-state index in [4.69, 9.17) is 11.6 Å². The van der Waals surface area contributed by atoms with Gasteiger partial charge in [0, 0.05) is 30.7 Å². The van der Waals surface area contributed by atoms with Gasteiger partial charge in [0.05, 0.1) is 0 Å². The Morgan fingerprint density at radius 2 is 1.94 bits per heavy atom. The van der Waals surface area contributed by atoms with Gasteiger partial charge in [-0.1, -0.05) is 11.6 Å². The van der Waals surface area contributed by atoms with Crippen LogP contribution in [0.4, 0.5) is 0 Å². The molecule has 0 fully saturated rings. The van der Waals surface area contributed by atoms with Crippen molar-refractivity contribution in [2.45, 2.75) is 6.92 Å². The summed E-state index contributed by atoms with van der Waals surface area (Å²) in [5.74, 6) is 0. The minimum atomic E-state index is -0.169. The molecule has 0 bridgehead atoms. The van der Waals surface area contributed by atoms with Gasteiger partial charge in [0.25, 0.3) is 5.56 Å². The van der Waals surface area contributed by atoms with Crippen molar-refractivity contribution in [1.29, 1.82) is 0 Å². The number of rotatable bonds is 1. The summed E-state index contributed by atoms with van der Waals surface area (Å²) in [6, 6.07) is 5.49. The van der Waals surface area contributed by atoms with E-state index in [9.17, 15) is 4.79 Å². The number of nitrogens with zero attached hydrogens (tertiary/aromatic N) is 2. The molecule has 2 rings (SSSR count). The molecule has 2 aromatic heterocycles. The Hall–Kier alpha value is -1.61. The quantitative estimate of drug-likeness (QED) is 0.760. The lowest BCUT2D eigenvalue weighted by atomic mass is 10.1. The van der Waals surface area contributed by atoms with E-state index in [2.05, 4.69) is 4.98 Å². The van der Waals surface area contributed by atoms with Gasteiger partial charge in [-0.15, -0.1) is 0 Å². The summed E-state index contributed by atoms with van der Waals surface area (Å²) in [5.41, 5.74) is 2.68. The second-order valence-electron chi connectivity index (χ2n) is 3.59. The van der Waals surface area contributed by atoms with Gasteiger partial charge in [0.1, 0.15) is 5.02 Å². The van der Waals surface area contributed by atoms with E-state index in [0.717, 1.165) is 16.8 Å². The van der Waals surface area contributed by atoms with E-state index in [1.807, 2.05) is 19.1 Å². The van der Waals surface area contributed by atoms with Crippen molar-refractivity contribution in [2.75, 3.05) is 0 Å². The van der Waals surface area contributed by atoms with Crippen molar-refractivity contribution in [1.82, 2.24) is 9.55 Å². The average Bonchev–Trinajstić information content (AvgIpc) is 2.32. The first-order valence-corrected chi connectivity index (χ1v) is 5.25. The minimum Gasteiger partial charge on any atom is -0.314 e. The van der Waals surface area contributed by atoms with Crippen molar-refractivity contribution >= 4 is 11.6 Å². The van der Waals surface area contributed by atoms with Crippen molar-refractivity contribution in [3.05, 3.63) is 51.7 Å². The molecule has 2 heterocycles. The average molecular weight is 235 g/mol. The third-order valence-corrected chi connectivity index (χ3v) is 2.94. The molecular weight excluding hydrogens is 224 g/mol. The Labute approximate surface area is 98.3 Å². The lowest BCUT2D eigenvalue weighted by Crippen LogP contribution is -2.19. The van der Waals surface area contributed by atoms with Crippen LogP contribution in [-0.2, 0) is 7.05 Å². The van der Waals surface area contributed by atoms with Crippen LogP contribution >= 0.6 is 11.6 Å². The first-order valence-electron chi connectivity index (χ1n) is 4.88. The van der Waals surface area contributed by atoms with Gasteiger partial charge >= 0.3 is 0 Å². The van der Waals surface area contributed by atoms with Gasteiger partial charge in [-0.3, -0.25) is 9.78 Å². The predicted octanol–water partition coefficient (Wildman–Crippen LogP) is 2.41. The van der Waals surface area contributed by atoms with Crippen LogP contribution in [0.2, 0.25) is 5.02 Å². The van der Waals surface area contributed by atoms with Crippen molar-refractivity contribution in [3.63, 3.8) is 0 Å². The fraction of sp³-hybridized carbons (Fsp3) is 0.167. The molecule has 2 aromatic rings. The lowest BCUT2D eigenvalue weighted by Gasteiger charge is -2.10. The Morgan fingerprint density at radius 1 is 1.31 bits per heavy atom. The van der Waals surface area contributed by atoms with Crippen molar-refractivity contribution in [2.24, 2.45) is 7.05 Å². The monoisotopic (exact) mass is 234 g/mol. The van der Waals surface area contributed by atoms with E-state index < -0.39 is 0 Å². The zero-order valence-corrected chi connectivity index (χ0v) is 9.82. The van der Waals surface area contributed by atoms with Crippen LogP contribution in [0.15, 0.2) is 35.4 Å². The molecule has 82 valence electrons. The summed E-state index contributed by atoms with van der Waals surface area (Å²) in [6.45, 7) is 1.90. The van der Waals surface area contributed by atoms with E-state index in [0.29, 0.717) is 0 Å². The van der Waals surface area contributed by atoms with Crippen molar-refractivity contribution < 1.29 is 0 Å². The maximum absolute atomic E-state index is 11.6. The van der Waals surface area contributed by atoms with Gasteiger partial charge in [-0.2, -0.15) is 0 Å². The van der Waals surface area contributed by atoms with Gasteiger partial charge < -0.3 is 4.57 Å². The molecule has 0 aliphatic carbocycles. The number of halogens is 1. The third-order valence-electron chi connectivity index (χ3n) is 2.66. The van der Waals surface area contributed by atoms with Crippen LogP contribution < -0.4 is 5.56 Å². The third kappa shape index (κ3) is 1.74. The van der Waals surface area contributed by atoms with Crippen LogP contribution in [0.25, 0.3) is 11.1 Å². The Morgan fingerprint density at radius 3 is 2.56 bits per heavy atom. The fourth-order valence-corrected chi connectivity index (χ4v) is 1.85. The Kier molecular flexibility index (Phi) is 2.79. The Balaban J connectivity index is 2.73. The molecule has 0 aliphatic heterocycles. The van der Waals surface area contributed by atoms with Gasteiger partial charge in [-0.05, 0) is 30.7 Å². The van der Waals surface area contributed by atoms with E-state index in [-0.39, 0.29) is 10.6 Å². The maximum atomic E-state index is 11.6. The number of pyridine rings is 2. The topological polar surface area (TPSA) is 34.9 Å². The first-order chi connectivity index (χ1) is 7.61. The second kappa shape index (κ2) is 4.10. The molecule has 0 saturated heterocycles. The largest absolute Gasteiger partial charge is 0.314 e. The summed E-state index contributed by atoms with van der Waals surface area (Å²) in [4.78, 5) is 15.6. The van der Waals surface area contributed by atoms with E-state index in [1.54, 1.807) is 30.1 Å². The maximum Gasteiger partial charge on any atom is 0.269 e. The van der Waals surface area contributed by atoms with Crippen LogP contribution in [0.1, 0.15) is 5.69 Å². The molecule has 0 unspecified atom stereocenters. The Bertz CT molecular complexity index is 576. The molecule has 0 aromatic carbocycles. The van der Waals surface area contributed by atoms with E-state index >= 15 is 0 Å². The summed E-state index contributed by atoms with van der Waals surface area (Å²) in [7, 11) is 1.72. The summed E-state index contributed by atoms with van der Waals surface area (Å²) in [5, 5.41) is 0.236. The molecule has 0 atom stereocenters. The standard InChI is InChI=1S/C12H11ClN2O/c1-8-10(9-3-5-14-6-4-9)7-11(13)12(16)15(8)2/h3-7H,1-2H3. The molecule has 0 aliphatic rings. The number of aromatic nitrogens is 2. The SMILES string of the molecule is Cc1c(-c2ccncc2)cc(Cl)c(=O)n1C. The van der Waals surface area contributed by atoms with Gasteiger partial charge in [0.2, 0.25) is 0 Å². The van der Waals surface area contributed by atoms with Gasteiger partial charge in [-0.25, -0.2) is 0 Å². The lowest BCUT2D eigenvalue weighted by molar-refractivity contribution is 0.821. The van der Waals surface area contributed by atoms with Crippen LogP contribution in [0, 0.1) is 6.92 Å². The molecule has 16 heavy (non-hydrogen) atoms. The van der Waals surface area contributed by atoms with E-state index in [1.165, 1.54) is 0 Å². The number of hydrogen-bond donors (Lipinski definition) is 0. The zero-order chi connectivity index (χ0) is 11.7. The predicted molar refractivity (Wildman–Crippen MR) is 64.7 cm³/mol. The highest BCUT2D eigenvalue weighted by molar-refractivity contribution is 6.30. The molecule has 0 N–H and O–H groups in total. The van der Waals surface area contributed by atoms with Crippen molar-refractivity contribution in [3.8, 4) is 11.1 Å². The summed E-state index contributed by atoms with van der Waals surface area (Å²) in [6.07, 6.45) is 3.43. The highest BCUT2D eigenvalue weighted by Crippen LogP contribution is 2.23. The van der Waals surface area contributed by atoms with Crippen LogP contribution in [-0.4, -0.2) is 9.55 Å². The molecule has 0 radical (unpaired) electrons. The fourth-order valence-electron chi connectivity index (χ4n) is 1.61. The molecule has 0 spiro atoms. The molecule has 4 heteroatoms. The zero-order valence-electron chi connectivity index (χ0n) is 9.07. The summed E-state index contributed by atoms with van der Waals surface area (Å²) < 4.78 is 1.55. The number of hydrogen-bond acceptors (Lipinski definition) is 2. The normalized spacial score (nSPS) is 10.4. The van der Waals surface area contributed by atoms with Crippen LogP contribution in [0.3, 0.4) is 0 Å². The van der Waals surface area contributed by atoms with Crippen LogP contribution in [0.5, 0.6) is 0 Å². The molecule has 3 nitrogen and oxygen atoms in total. The highest BCUT2D eigenvalue weighted by atomic mass is 35.5. The highest BCUT2D eigenvalue weighted by Gasteiger charge is 2.09. The molecule has 0 amide bonds. The van der Waals surface area contributed by atoms with Gasteiger partial charge in [0.15, 0.2) is 0 Å². The summed E-state index contributed by atoms with van der Waals surface area (Å²) >= 11 is 5.89.